The van der Waals surface area contributed by atoms with Crippen molar-refractivity contribution in [2.24, 2.45) is 7.05 Å². The number of benzene rings is 1. The van der Waals surface area contributed by atoms with Crippen molar-refractivity contribution < 1.29 is 4.79 Å². The molecule has 0 unspecified atom stereocenters. The Morgan fingerprint density at radius 1 is 1.12 bits per heavy atom. The summed E-state index contributed by atoms with van der Waals surface area (Å²) in [6, 6.07) is 7.23. The number of fused-ring (bicyclic) bond motifs is 1. The number of hydrogen-bond donors (Lipinski definition) is 1. The molecule has 1 N–H and O–H groups in total. The highest BCUT2D eigenvalue weighted by atomic mass is 16.2. The van der Waals surface area contributed by atoms with Crippen LogP contribution in [0.3, 0.4) is 0 Å². The third-order valence-electron chi connectivity index (χ3n) is 4.98. The van der Waals surface area contributed by atoms with Crippen molar-refractivity contribution in [3.05, 3.63) is 56.6 Å². The molecule has 0 radical (unpaired) electrons. The van der Waals surface area contributed by atoms with E-state index in [-0.39, 0.29) is 18.9 Å². The van der Waals surface area contributed by atoms with E-state index >= 15 is 0 Å². The van der Waals surface area contributed by atoms with E-state index in [1.807, 2.05) is 12.1 Å². The summed E-state index contributed by atoms with van der Waals surface area (Å²) in [6.45, 7) is 0.820. The molecule has 0 spiro atoms. The molecular weight excluding hydrogens is 330 g/mol. The molecule has 0 fully saturated rings. The summed E-state index contributed by atoms with van der Waals surface area (Å²) in [5.74, 6) is -0.0990. The van der Waals surface area contributed by atoms with Crippen LogP contribution in [0.25, 0.3) is 11.0 Å². The summed E-state index contributed by atoms with van der Waals surface area (Å²) in [5.41, 5.74) is 1.60. The lowest BCUT2D eigenvalue weighted by Crippen LogP contribution is -2.41. The molecule has 1 aliphatic carbocycles. The van der Waals surface area contributed by atoms with Crippen molar-refractivity contribution in [2.75, 3.05) is 6.54 Å². The monoisotopic (exact) mass is 355 g/mol. The van der Waals surface area contributed by atoms with Gasteiger partial charge in [0, 0.05) is 26.6 Å². The number of amides is 1. The molecule has 26 heavy (non-hydrogen) atoms. The standard InChI is InChI=1S/C20H25N3O3/c1-22-16-9-5-6-10-17(16)23(20(26)19(22)25)14-12-18(24)21-13-11-15-7-3-2-4-8-15/h5-7,9-10H,2-4,8,11-14H2,1H3,(H,21,24). The lowest BCUT2D eigenvalue weighted by atomic mass is 9.97. The first-order valence-electron chi connectivity index (χ1n) is 9.21. The molecule has 6 heteroatoms. The molecule has 1 aromatic heterocycles. The van der Waals surface area contributed by atoms with Gasteiger partial charge in [0.15, 0.2) is 0 Å². The molecule has 0 saturated heterocycles. The molecule has 0 aliphatic heterocycles. The van der Waals surface area contributed by atoms with E-state index in [0.29, 0.717) is 17.6 Å². The molecule has 3 rings (SSSR count). The van der Waals surface area contributed by atoms with E-state index in [0.717, 1.165) is 19.3 Å². The van der Waals surface area contributed by atoms with E-state index in [1.54, 1.807) is 19.2 Å². The van der Waals surface area contributed by atoms with Gasteiger partial charge in [-0.25, -0.2) is 0 Å². The van der Waals surface area contributed by atoms with E-state index in [1.165, 1.54) is 27.5 Å². The number of rotatable bonds is 6. The summed E-state index contributed by atoms with van der Waals surface area (Å²) >= 11 is 0. The van der Waals surface area contributed by atoms with Crippen molar-refractivity contribution in [1.29, 1.82) is 0 Å². The Balaban J connectivity index is 1.64. The smallest absolute Gasteiger partial charge is 0.316 e. The first kappa shape index (κ1) is 18.2. The fraction of sp³-hybridized carbons (Fsp3) is 0.450. The van der Waals surface area contributed by atoms with Gasteiger partial charge in [-0.3, -0.25) is 14.4 Å². The Morgan fingerprint density at radius 2 is 1.88 bits per heavy atom. The first-order valence-corrected chi connectivity index (χ1v) is 9.21. The molecule has 1 amide bonds. The van der Waals surface area contributed by atoms with Gasteiger partial charge in [0.25, 0.3) is 0 Å². The summed E-state index contributed by atoms with van der Waals surface area (Å²) in [6.07, 6.45) is 8.11. The van der Waals surface area contributed by atoms with Crippen molar-refractivity contribution in [3.8, 4) is 0 Å². The molecule has 2 aromatic rings. The predicted octanol–water partition coefficient (Wildman–Crippen LogP) is 2.10. The van der Waals surface area contributed by atoms with Crippen LogP contribution in [0.4, 0.5) is 0 Å². The van der Waals surface area contributed by atoms with Crippen LogP contribution in [-0.4, -0.2) is 21.6 Å². The fourth-order valence-electron chi connectivity index (χ4n) is 3.47. The number of carbonyl (C=O) groups is 1. The number of hydrogen-bond acceptors (Lipinski definition) is 3. The van der Waals surface area contributed by atoms with Crippen LogP contribution in [0.5, 0.6) is 0 Å². The SMILES string of the molecule is Cn1c(=O)c(=O)n(CCC(=O)NCCC2=CCCCC2)c2ccccc21. The lowest BCUT2D eigenvalue weighted by Gasteiger charge is -2.14. The van der Waals surface area contributed by atoms with E-state index < -0.39 is 11.1 Å². The molecule has 0 saturated carbocycles. The van der Waals surface area contributed by atoms with Gasteiger partial charge in [-0.2, -0.15) is 0 Å². The molecule has 1 aliphatic rings. The predicted molar refractivity (Wildman–Crippen MR) is 102 cm³/mol. The van der Waals surface area contributed by atoms with Gasteiger partial charge in [-0.05, 0) is 44.2 Å². The van der Waals surface area contributed by atoms with Crippen LogP contribution < -0.4 is 16.4 Å². The van der Waals surface area contributed by atoms with Gasteiger partial charge in [0.2, 0.25) is 5.91 Å². The zero-order chi connectivity index (χ0) is 18.5. The van der Waals surface area contributed by atoms with Gasteiger partial charge in [0.1, 0.15) is 0 Å². The number of allylic oxidation sites excluding steroid dienone is 1. The Morgan fingerprint density at radius 3 is 2.62 bits per heavy atom. The second-order valence-electron chi connectivity index (χ2n) is 6.77. The third kappa shape index (κ3) is 3.95. The molecular formula is C20H25N3O3. The average Bonchev–Trinajstić information content (AvgIpc) is 2.67. The highest BCUT2D eigenvalue weighted by Crippen LogP contribution is 2.19. The summed E-state index contributed by atoms with van der Waals surface area (Å²) in [5, 5.41) is 2.92. The fourth-order valence-corrected chi connectivity index (χ4v) is 3.47. The highest BCUT2D eigenvalue weighted by Gasteiger charge is 2.12. The maximum Gasteiger partial charge on any atom is 0.316 e. The minimum Gasteiger partial charge on any atom is -0.356 e. The Hall–Kier alpha value is -2.63. The number of nitrogens with zero attached hydrogens (tertiary/aromatic N) is 2. The topological polar surface area (TPSA) is 73.1 Å². The van der Waals surface area contributed by atoms with E-state index in [2.05, 4.69) is 11.4 Å². The summed E-state index contributed by atoms with van der Waals surface area (Å²) < 4.78 is 2.76. The van der Waals surface area contributed by atoms with Crippen LogP contribution in [0.15, 0.2) is 45.5 Å². The number of nitrogens with one attached hydrogen (secondary N) is 1. The Labute approximate surface area is 152 Å². The molecule has 1 aromatic carbocycles. The second-order valence-corrected chi connectivity index (χ2v) is 6.77. The minimum atomic E-state index is -0.591. The van der Waals surface area contributed by atoms with Gasteiger partial charge in [-0.1, -0.05) is 23.8 Å². The van der Waals surface area contributed by atoms with Crippen LogP contribution in [-0.2, 0) is 18.4 Å². The van der Waals surface area contributed by atoms with Crippen molar-refractivity contribution in [2.45, 2.75) is 45.1 Å². The molecule has 1 heterocycles. The average molecular weight is 355 g/mol. The van der Waals surface area contributed by atoms with E-state index in [4.69, 9.17) is 0 Å². The quantitative estimate of drug-likeness (QED) is 0.637. The number of aryl methyl sites for hydroxylation is 2. The normalized spacial score (nSPS) is 14.3. The van der Waals surface area contributed by atoms with Gasteiger partial charge in [-0.15, -0.1) is 0 Å². The van der Waals surface area contributed by atoms with Crippen LogP contribution >= 0.6 is 0 Å². The Kier molecular flexibility index (Phi) is 5.71. The van der Waals surface area contributed by atoms with Crippen LogP contribution in [0.1, 0.15) is 38.5 Å². The van der Waals surface area contributed by atoms with Gasteiger partial charge >= 0.3 is 11.1 Å². The summed E-state index contributed by atoms with van der Waals surface area (Å²) in [4.78, 5) is 36.6. The number of carbonyl (C=O) groups excluding carboxylic acids is 1. The van der Waals surface area contributed by atoms with Crippen LogP contribution in [0, 0.1) is 0 Å². The zero-order valence-electron chi connectivity index (χ0n) is 15.2. The molecule has 0 bridgehead atoms. The number of para-hydroxylation sites is 2. The molecule has 138 valence electrons. The van der Waals surface area contributed by atoms with Gasteiger partial charge in [0.05, 0.1) is 11.0 Å². The first-order chi connectivity index (χ1) is 12.6. The summed E-state index contributed by atoms with van der Waals surface area (Å²) in [7, 11) is 1.59. The van der Waals surface area contributed by atoms with E-state index in [9.17, 15) is 14.4 Å². The van der Waals surface area contributed by atoms with Crippen LogP contribution in [0.2, 0.25) is 0 Å². The maximum atomic E-state index is 12.3. The largest absolute Gasteiger partial charge is 0.356 e. The third-order valence-corrected chi connectivity index (χ3v) is 4.98. The molecule has 6 nitrogen and oxygen atoms in total. The second kappa shape index (κ2) is 8.17. The van der Waals surface area contributed by atoms with Gasteiger partial charge < -0.3 is 14.5 Å². The van der Waals surface area contributed by atoms with Crippen molar-refractivity contribution in [1.82, 2.24) is 14.5 Å². The Bertz CT molecular complexity index is 953. The minimum absolute atomic E-state index is 0.0990. The zero-order valence-corrected chi connectivity index (χ0v) is 15.2. The van der Waals surface area contributed by atoms with Crippen molar-refractivity contribution >= 4 is 16.9 Å². The number of aromatic nitrogens is 2. The maximum absolute atomic E-state index is 12.3. The lowest BCUT2D eigenvalue weighted by molar-refractivity contribution is -0.121. The molecule has 0 atom stereocenters. The highest BCUT2D eigenvalue weighted by molar-refractivity contribution is 5.77. The van der Waals surface area contributed by atoms with Crippen molar-refractivity contribution in [3.63, 3.8) is 0 Å².